The molecular formula is C47H53ClN8O7S. The summed E-state index contributed by atoms with van der Waals surface area (Å²) in [5.41, 5.74) is -0.162. The number of allylic oxidation sites excluding steroid dienone is 1. The van der Waals surface area contributed by atoms with E-state index in [0.717, 1.165) is 35.4 Å². The summed E-state index contributed by atoms with van der Waals surface area (Å²) in [6.07, 6.45) is 3.04. The first-order chi connectivity index (χ1) is 34.8. The molecule has 15 nitrogen and oxygen atoms in total. The number of rotatable bonds is 12. The molecule has 2 saturated heterocycles. The van der Waals surface area contributed by atoms with Gasteiger partial charge in [0.05, 0.1) is 33.0 Å². The third kappa shape index (κ3) is 9.41. The number of aromatic nitrogens is 2. The highest BCUT2D eigenvalue weighted by molar-refractivity contribution is 7.90. The molecule has 0 spiro atoms. The Morgan fingerprint density at radius 3 is 2.61 bits per heavy atom. The maximum absolute atomic E-state index is 14.5. The number of sulfonamides is 1. The van der Waals surface area contributed by atoms with Crippen molar-refractivity contribution in [2.45, 2.75) is 50.7 Å². The van der Waals surface area contributed by atoms with Gasteiger partial charge in [0.1, 0.15) is 23.6 Å². The number of H-pyrrole nitrogens is 1. The van der Waals surface area contributed by atoms with E-state index in [1.807, 2.05) is 9.62 Å². The second kappa shape index (κ2) is 18.1. The van der Waals surface area contributed by atoms with Crippen LogP contribution in [0.3, 0.4) is 0 Å². The zero-order chi connectivity index (χ0) is 53.2. The van der Waals surface area contributed by atoms with Gasteiger partial charge < -0.3 is 29.6 Å². The number of carbonyl (C=O) groups excluding carboxylic acids is 1. The molecule has 9 rings (SSSR count). The normalized spacial score (nSPS) is 22.7. The Morgan fingerprint density at radius 2 is 1.84 bits per heavy atom. The van der Waals surface area contributed by atoms with Crippen LogP contribution in [-0.4, -0.2) is 99.7 Å². The number of hydrogen-bond donors (Lipinski definition) is 3. The number of nitro groups is 1. The second-order valence-corrected chi connectivity index (χ2v) is 18.6. The van der Waals surface area contributed by atoms with Crippen LogP contribution < -0.4 is 24.6 Å². The van der Waals surface area contributed by atoms with E-state index in [4.69, 9.17) is 32.0 Å². The number of ether oxygens (including phenoxy) is 2. The van der Waals surface area contributed by atoms with Crippen molar-refractivity contribution in [3.8, 4) is 5.88 Å². The Balaban J connectivity index is 1.03. The third-order valence-electron chi connectivity index (χ3n) is 12.2. The number of piperazine rings is 1. The van der Waals surface area contributed by atoms with Crippen molar-refractivity contribution in [2.24, 2.45) is 11.3 Å². The molecule has 5 heterocycles. The van der Waals surface area contributed by atoms with E-state index in [0.29, 0.717) is 85.4 Å². The van der Waals surface area contributed by atoms with Crippen molar-refractivity contribution in [3.05, 3.63) is 111 Å². The Labute approximate surface area is 392 Å². The van der Waals surface area contributed by atoms with Crippen LogP contribution in [0.4, 0.5) is 28.4 Å². The summed E-state index contributed by atoms with van der Waals surface area (Å²) in [7, 11) is -4.85. The van der Waals surface area contributed by atoms with Gasteiger partial charge in [0.25, 0.3) is 21.6 Å². The van der Waals surface area contributed by atoms with E-state index >= 15 is 0 Å². The number of anilines is 4. The van der Waals surface area contributed by atoms with E-state index in [1.54, 1.807) is 42.6 Å². The van der Waals surface area contributed by atoms with E-state index in [2.05, 4.69) is 20.2 Å². The summed E-state index contributed by atoms with van der Waals surface area (Å²) in [6, 6.07) is 17.6. The number of aromatic amines is 1. The minimum Gasteiger partial charge on any atom is -0.474 e. The number of hydrogen-bond acceptors (Lipinski definition) is 12. The van der Waals surface area contributed by atoms with Crippen LogP contribution in [0.15, 0.2) is 89.5 Å². The minimum absolute atomic E-state index is 0.0710. The lowest BCUT2D eigenvalue weighted by atomic mass is 9.72. The quantitative estimate of drug-likeness (QED) is 0.0807. The van der Waals surface area contributed by atoms with Crippen molar-refractivity contribution in [1.82, 2.24) is 19.6 Å². The minimum atomic E-state index is -4.85. The average Bonchev–Trinajstić information content (AvgIpc) is 3.80. The van der Waals surface area contributed by atoms with Crippen LogP contribution in [0.25, 0.3) is 16.6 Å². The Bertz CT molecular complexity index is 3110. The molecule has 3 aliphatic heterocycles. The molecule has 4 aliphatic rings. The highest BCUT2D eigenvalue weighted by atomic mass is 35.5. The van der Waals surface area contributed by atoms with Gasteiger partial charge in [0.2, 0.25) is 5.88 Å². The fraction of sp³-hybridized carbons (Fsp3) is 0.404. The smallest absolute Gasteiger partial charge is 0.293 e. The van der Waals surface area contributed by atoms with Crippen LogP contribution in [-0.2, 0) is 14.8 Å². The molecule has 17 heteroatoms. The van der Waals surface area contributed by atoms with Crippen molar-refractivity contribution in [2.75, 3.05) is 80.7 Å². The van der Waals surface area contributed by atoms with Gasteiger partial charge in [-0.25, -0.2) is 13.1 Å². The predicted molar refractivity (Wildman–Crippen MR) is 249 cm³/mol. The van der Waals surface area contributed by atoms with Gasteiger partial charge in [-0.15, -0.1) is 0 Å². The van der Waals surface area contributed by atoms with Crippen LogP contribution in [0.2, 0.25) is 5.02 Å². The number of amides is 1. The van der Waals surface area contributed by atoms with Gasteiger partial charge in [-0.05, 0) is 109 Å². The van der Waals surface area contributed by atoms with Crippen molar-refractivity contribution in [1.29, 1.82) is 0 Å². The zero-order valence-corrected chi connectivity index (χ0v) is 36.2. The van der Waals surface area contributed by atoms with Crippen LogP contribution >= 0.6 is 11.6 Å². The standard InChI is InChI=1S/C47H53ClN8O7S/c1-47(2)15-11-34(39(28-47)32-3-5-35(48)6-4-32)30-53-17-19-54(20-18-53)36-7-9-38(41(26-36)55-21-24-63-46-43(55)25-33-12-16-49-44(33)51-46)45(57)52-64(60,61)37-8-10-40(42(27-37)56(58)59)50-29-31-13-22-62-23-14-31/h3-10,12,16,25-27,31,50H,11,13-15,17-24,28-30H2,1-2H3,(H,49,51)(H,52,57)/i1D3,2D3,21D2,24D2. The first kappa shape index (κ1) is 32.9. The van der Waals surface area contributed by atoms with Crippen molar-refractivity contribution < 1.29 is 41.3 Å². The molecule has 1 amide bonds. The molecule has 5 aromatic rings. The largest absolute Gasteiger partial charge is 0.474 e. The molecule has 2 aromatic heterocycles. The number of carbonyl (C=O) groups is 1. The number of halogens is 1. The first-order valence-electron chi connectivity index (χ1n) is 26.0. The molecule has 3 N–H and O–H groups in total. The molecule has 64 heavy (non-hydrogen) atoms. The molecular weight excluding hydrogens is 856 g/mol. The van der Waals surface area contributed by atoms with Gasteiger partial charge in [-0.3, -0.25) is 19.8 Å². The second-order valence-electron chi connectivity index (χ2n) is 16.5. The Kier molecular flexibility index (Phi) is 9.29. The average molecular weight is 920 g/mol. The van der Waals surface area contributed by atoms with Crippen LogP contribution in [0, 0.1) is 21.4 Å². The molecule has 0 atom stereocenters. The summed E-state index contributed by atoms with van der Waals surface area (Å²) < 4.78 is 127. The SMILES string of the molecule is [2H]C([2H])([2H])C1(C([2H])([2H])[2H])CCC(CN2CCN(c3ccc(C(=O)NS(=O)(=O)c4ccc(NCC5CCOCC5)c([N+](=O)[O-])c4)c(N4c5cc6cc[nH]c6nc5OC([2H])([2H])C4([2H])[2H])c3)CC2)=C(c2ccc(Cl)cc2)C1. The summed E-state index contributed by atoms with van der Waals surface area (Å²) >= 11 is 6.22. The summed E-state index contributed by atoms with van der Waals surface area (Å²) in [6.45, 7) is -8.17. The number of pyridine rings is 1. The molecule has 2 fully saturated rings. The maximum atomic E-state index is 14.5. The maximum Gasteiger partial charge on any atom is 0.293 e. The molecule has 0 bridgehead atoms. The van der Waals surface area contributed by atoms with Gasteiger partial charge in [0.15, 0.2) is 0 Å². The zero-order valence-electron chi connectivity index (χ0n) is 44.7. The monoisotopic (exact) mass is 918 g/mol. The predicted octanol–water partition coefficient (Wildman–Crippen LogP) is 8.40. The van der Waals surface area contributed by atoms with Crippen molar-refractivity contribution >= 4 is 72.6 Å². The van der Waals surface area contributed by atoms with Gasteiger partial charge >= 0.3 is 0 Å². The third-order valence-corrected chi connectivity index (χ3v) is 13.8. The summed E-state index contributed by atoms with van der Waals surface area (Å²) in [5.74, 6) is -1.39. The Hall–Kier alpha value is -5.68. The van der Waals surface area contributed by atoms with E-state index in [-0.39, 0.29) is 48.1 Å². The fourth-order valence-corrected chi connectivity index (χ4v) is 9.78. The summed E-state index contributed by atoms with van der Waals surface area (Å²) in [4.78, 5) is 37.8. The molecule has 1 aliphatic carbocycles. The number of benzene rings is 3. The number of fused-ring (bicyclic) bond motifs is 2. The van der Waals surface area contributed by atoms with Gasteiger partial charge in [-0.2, -0.15) is 4.98 Å². The molecule has 0 saturated carbocycles. The highest BCUT2D eigenvalue weighted by Crippen LogP contribution is 2.44. The number of nitrogens with one attached hydrogen (secondary N) is 3. The van der Waals surface area contributed by atoms with Gasteiger partial charge in [-0.1, -0.05) is 43.0 Å². The number of nitrogens with zero attached hydrogens (tertiary/aromatic N) is 5. The van der Waals surface area contributed by atoms with E-state index < -0.39 is 69.2 Å². The first-order valence-corrected chi connectivity index (χ1v) is 22.9. The number of nitro benzene ring substituents is 1. The lowest BCUT2D eigenvalue weighted by molar-refractivity contribution is -0.384. The van der Waals surface area contributed by atoms with Crippen LogP contribution in [0.5, 0.6) is 5.88 Å². The topological polar surface area (TPSA) is 175 Å². The van der Waals surface area contributed by atoms with Gasteiger partial charge in [0, 0.05) is 89.1 Å². The lowest BCUT2D eigenvalue weighted by Gasteiger charge is -2.39. The molecule has 0 unspecified atom stereocenters. The van der Waals surface area contributed by atoms with Crippen molar-refractivity contribution in [3.63, 3.8) is 0 Å². The van der Waals surface area contributed by atoms with E-state index in [1.165, 1.54) is 24.3 Å². The fourth-order valence-electron chi connectivity index (χ4n) is 8.67. The molecule has 0 radical (unpaired) electrons. The molecule has 336 valence electrons. The van der Waals surface area contributed by atoms with E-state index in [9.17, 15) is 26.1 Å². The highest BCUT2D eigenvalue weighted by Gasteiger charge is 2.32. The summed E-state index contributed by atoms with van der Waals surface area (Å²) in [5, 5.41) is 16.2. The Morgan fingerprint density at radius 1 is 1.05 bits per heavy atom. The lowest BCUT2D eigenvalue weighted by Crippen LogP contribution is -2.47. The molecule has 3 aromatic carbocycles. The van der Waals surface area contributed by atoms with Crippen LogP contribution in [0.1, 0.15) is 75.4 Å².